The lowest BCUT2D eigenvalue weighted by molar-refractivity contribution is 0.167. The summed E-state index contributed by atoms with van der Waals surface area (Å²) in [4.78, 5) is 0. The third kappa shape index (κ3) is 2.59. The average Bonchev–Trinajstić information content (AvgIpc) is 1.91. The molecule has 1 nitrogen and oxygen atoms in total. The molecule has 54 valence electrons. The molecule has 1 fully saturated rings. The quantitative estimate of drug-likeness (QED) is 0.591. The summed E-state index contributed by atoms with van der Waals surface area (Å²) in [5.74, 6) is 0.921. The van der Waals surface area contributed by atoms with Gasteiger partial charge in [-0.3, -0.25) is 0 Å². The maximum atomic E-state index is 5.21. The van der Waals surface area contributed by atoms with Gasteiger partial charge in [-0.1, -0.05) is 13.3 Å². The first-order valence-corrected chi connectivity index (χ1v) is 4.67. The van der Waals surface area contributed by atoms with E-state index in [1.54, 1.807) is 0 Å². The topological polar surface area (TPSA) is 9.23 Å². The van der Waals surface area contributed by atoms with E-state index in [1.807, 2.05) is 11.8 Å². The van der Waals surface area contributed by atoms with Crippen molar-refractivity contribution in [2.45, 2.75) is 31.4 Å². The lowest BCUT2D eigenvalue weighted by Gasteiger charge is -2.20. The Morgan fingerprint density at radius 2 is 2.56 bits per heavy atom. The fourth-order valence-electron chi connectivity index (χ4n) is 1.05. The Morgan fingerprint density at radius 1 is 1.67 bits per heavy atom. The van der Waals surface area contributed by atoms with Crippen molar-refractivity contribution < 1.29 is 4.74 Å². The zero-order valence-corrected chi connectivity index (χ0v) is 6.75. The van der Waals surface area contributed by atoms with Crippen molar-refractivity contribution in [1.29, 1.82) is 0 Å². The van der Waals surface area contributed by atoms with E-state index in [1.165, 1.54) is 19.3 Å². The molecule has 1 unspecified atom stereocenters. The van der Waals surface area contributed by atoms with Crippen LogP contribution in [0.25, 0.3) is 0 Å². The fourth-order valence-corrected chi connectivity index (χ4v) is 2.12. The summed E-state index contributed by atoms with van der Waals surface area (Å²) in [7, 11) is 0. The van der Waals surface area contributed by atoms with Crippen LogP contribution in [0.4, 0.5) is 0 Å². The summed E-state index contributed by atoms with van der Waals surface area (Å²) in [5.41, 5.74) is 0. The second-order valence-electron chi connectivity index (χ2n) is 2.39. The van der Waals surface area contributed by atoms with Crippen LogP contribution in [0, 0.1) is 0 Å². The third-order valence-corrected chi connectivity index (χ3v) is 2.83. The van der Waals surface area contributed by atoms with Gasteiger partial charge in [0.2, 0.25) is 0 Å². The van der Waals surface area contributed by atoms with Crippen molar-refractivity contribution in [3.63, 3.8) is 0 Å². The molecule has 1 heterocycles. The van der Waals surface area contributed by atoms with Gasteiger partial charge in [0.1, 0.15) is 0 Å². The largest absolute Gasteiger partial charge is 0.371 e. The van der Waals surface area contributed by atoms with Crippen molar-refractivity contribution in [3.05, 3.63) is 0 Å². The van der Waals surface area contributed by atoms with Gasteiger partial charge >= 0.3 is 0 Å². The highest BCUT2D eigenvalue weighted by Crippen LogP contribution is 2.23. The molecule has 2 heteroatoms. The number of hydrogen-bond acceptors (Lipinski definition) is 2. The summed E-state index contributed by atoms with van der Waals surface area (Å²) in [6.07, 6.45) is 3.95. The van der Waals surface area contributed by atoms with Crippen molar-refractivity contribution in [2.75, 3.05) is 12.5 Å². The van der Waals surface area contributed by atoms with Gasteiger partial charge in [0.25, 0.3) is 0 Å². The second kappa shape index (κ2) is 4.18. The molecular weight excluding hydrogens is 132 g/mol. The molecule has 0 aromatic carbocycles. The van der Waals surface area contributed by atoms with E-state index >= 15 is 0 Å². The van der Waals surface area contributed by atoms with Crippen LogP contribution in [-0.2, 0) is 4.74 Å². The highest BCUT2D eigenvalue weighted by atomic mass is 32.2. The minimum absolute atomic E-state index is 0.892. The maximum absolute atomic E-state index is 5.21. The Hall–Kier alpha value is 0.310. The van der Waals surface area contributed by atoms with Crippen LogP contribution >= 0.6 is 11.8 Å². The number of rotatable bonds is 2. The lowest BCUT2D eigenvalue weighted by atomic mass is 10.2. The molecular formula is C7H14OS. The molecule has 1 saturated heterocycles. The van der Waals surface area contributed by atoms with Crippen molar-refractivity contribution >= 4 is 11.8 Å². The molecule has 1 aliphatic rings. The van der Waals surface area contributed by atoms with E-state index < -0.39 is 0 Å². The molecule has 0 saturated carbocycles. The Balaban J connectivity index is 2.08. The number of ether oxygens (including phenoxy) is 1. The van der Waals surface area contributed by atoms with Gasteiger partial charge < -0.3 is 4.74 Å². The minimum Gasteiger partial charge on any atom is -0.371 e. The van der Waals surface area contributed by atoms with Crippen LogP contribution in [0.5, 0.6) is 0 Å². The molecule has 0 aromatic heterocycles. The first-order valence-electron chi connectivity index (χ1n) is 3.63. The van der Waals surface area contributed by atoms with Crippen LogP contribution in [0.3, 0.4) is 0 Å². The molecule has 1 atom stereocenters. The van der Waals surface area contributed by atoms with Gasteiger partial charge in [0.05, 0.1) is 5.94 Å². The van der Waals surface area contributed by atoms with E-state index in [9.17, 15) is 0 Å². The van der Waals surface area contributed by atoms with Crippen molar-refractivity contribution in [3.8, 4) is 0 Å². The summed E-state index contributed by atoms with van der Waals surface area (Å²) in [6, 6.07) is 0. The molecule has 0 bridgehead atoms. The SMILES string of the molecule is CCCC1CCOCS1. The zero-order valence-electron chi connectivity index (χ0n) is 5.93. The summed E-state index contributed by atoms with van der Waals surface area (Å²) in [5, 5.41) is 0.892. The predicted octanol–water partition coefficient (Wildman–Crippen LogP) is 2.27. The van der Waals surface area contributed by atoms with Gasteiger partial charge in [0, 0.05) is 11.9 Å². The van der Waals surface area contributed by atoms with E-state index in [-0.39, 0.29) is 0 Å². The van der Waals surface area contributed by atoms with E-state index in [2.05, 4.69) is 6.92 Å². The molecule has 0 radical (unpaired) electrons. The van der Waals surface area contributed by atoms with Gasteiger partial charge in [-0.15, -0.1) is 11.8 Å². The summed E-state index contributed by atoms with van der Waals surface area (Å²) < 4.78 is 5.21. The maximum Gasteiger partial charge on any atom is 0.0923 e. The van der Waals surface area contributed by atoms with Crippen molar-refractivity contribution in [2.24, 2.45) is 0 Å². The molecule has 0 spiro atoms. The first-order chi connectivity index (χ1) is 4.43. The Labute approximate surface area is 61.2 Å². The van der Waals surface area contributed by atoms with Gasteiger partial charge in [-0.2, -0.15) is 0 Å². The van der Waals surface area contributed by atoms with Crippen LogP contribution in [0.2, 0.25) is 0 Å². The smallest absolute Gasteiger partial charge is 0.0923 e. The predicted molar refractivity (Wildman–Crippen MR) is 41.7 cm³/mol. The van der Waals surface area contributed by atoms with Crippen LogP contribution in [0.1, 0.15) is 26.2 Å². The minimum atomic E-state index is 0.892. The standard InChI is InChI=1S/C7H14OS/c1-2-3-7-4-5-8-6-9-7/h7H,2-6H2,1H3. The lowest BCUT2D eigenvalue weighted by Crippen LogP contribution is -2.14. The van der Waals surface area contributed by atoms with E-state index in [0.29, 0.717) is 0 Å². The number of hydrogen-bond donors (Lipinski definition) is 0. The zero-order chi connectivity index (χ0) is 6.53. The van der Waals surface area contributed by atoms with Crippen LogP contribution in [0.15, 0.2) is 0 Å². The van der Waals surface area contributed by atoms with Crippen LogP contribution < -0.4 is 0 Å². The molecule has 9 heavy (non-hydrogen) atoms. The van der Waals surface area contributed by atoms with E-state index in [4.69, 9.17) is 4.74 Å². The highest BCUT2D eigenvalue weighted by molar-refractivity contribution is 7.99. The fraction of sp³-hybridized carbons (Fsp3) is 1.00. The normalized spacial score (nSPS) is 28.3. The molecule has 0 aromatic rings. The molecule has 0 N–H and O–H groups in total. The first kappa shape index (κ1) is 7.42. The van der Waals surface area contributed by atoms with Crippen LogP contribution in [-0.4, -0.2) is 17.8 Å². The Morgan fingerprint density at radius 3 is 3.11 bits per heavy atom. The summed E-state index contributed by atoms with van der Waals surface area (Å²) in [6.45, 7) is 3.23. The molecule has 0 aliphatic carbocycles. The molecule has 0 amide bonds. The average molecular weight is 146 g/mol. The molecule has 1 rings (SSSR count). The molecule has 1 aliphatic heterocycles. The van der Waals surface area contributed by atoms with Gasteiger partial charge in [-0.25, -0.2) is 0 Å². The van der Waals surface area contributed by atoms with Gasteiger partial charge in [-0.05, 0) is 12.8 Å². The second-order valence-corrected chi connectivity index (χ2v) is 3.63. The summed E-state index contributed by atoms with van der Waals surface area (Å²) >= 11 is 1.97. The Bertz CT molecular complexity index is 66.6. The third-order valence-electron chi connectivity index (χ3n) is 1.58. The van der Waals surface area contributed by atoms with E-state index in [0.717, 1.165) is 17.8 Å². The highest BCUT2D eigenvalue weighted by Gasteiger charge is 2.11. The monoisotopic (exact) mass is 146 g/mol. The van der Waals surface area contributed by atoms with Gasteiger partial charge in [0.15, 0.2) is 0 Å². The number of thioether (sulfide) groups is 1. The van der Waals surface area contributed by atoms with Crippen molar-refractivity contribution in [1.82, 2.24) is 0 Å². The Kier molecular flexibility index (Phi) is 3.44.